The highest BCUT2D eigenvalue weighted by Gasteiger charge is 2.24. The Bertz CT molecular complexity index is 547. The van der Waals surface area contributed by atoms with Gasteiger partial charge in [-0.05, 0) is 42.6 Å². The van der Waals surface area contributed by atoms with Gasteiger partial charge in [-0.25, -0.2) is 4.39 Å². The van der Waals surface area contributed by atoms with Gasteiger partial charge in [0.15, 0.2) is 0 Å². The molecule has 0 aliphatic rings. The third-order valence-corrected chi connectivity index (χ3v) is 3.81. The van der Waals surface area contributed by atoms with Gasteiger partial charge in [0, 0.05) is 5.39 Å². The highest BCUT2D eigenvalue weighted by Crippen LogP contribution is 2.32. The molecule has 1 N–H and O–H groups in total. The Hall–Kier alpha value is -1.35. The summed E-state index contributed by atoms with van der Waals surface area (Å²) >= 11 is 0. The maximum atomic E-state index is 13.2. The van der Waals surface area contributed by atoms with Gasteiger partial charge in [0.2, 0.25) is 0 Å². The van der Waals surface area contributed by atoms with Gasteiger partial charge in [0.05, 0.1) is 6.04 Å². The molecule has 0 spiro atoms. The maximum absolute atomic E-state index is 13.2. The third-order valence-electron chi connectivity index (χ3n) is 3.81. The molecule has 2 aromatic rings. The summed E-state index contributed by atoms with van der Waals surface area (Å²) in [4.78, 5) is 0. The molecule has 1 heterocycles. The fourth-order valence-electron chi connectivity index (χ4n) is 2.34. The van der Waals surface area contributed by atoms with E-state index in [2.05, 4.69) is 33.0 Å². The Balaban J connectivity index is 2.38. The van der Waals surface area contributed by atoms with Crippen LogP contribution >= 0.6 is 0 Å². The van der Waals surface area contributed by atoms with Crippen molar-refractivity contribution in [3.63, 3.8) is 0 Å². The number of halogens is 1. The normalized spacial score (nSPS) is 15.1. The second-order valence-corrected chi connectivity index (χ2v) is 5.47. The van der Waals surface area contributed by atoms with E-state index in [0.29, 0.717) is 11.8 Å². The van der Waals surface area contributed by atoms with Gasteiger partial charge in [-0.2, -0.15) is 0 Å². The topological polar surface area (TPSA) is 25.2 Å². The van der Waals surface area contributed by atoms with Crippen LogP contribution in [0.25, 0.3) is 11.0 Å². The molecule has 0 saturated carbocycles. The fourth-order valence-corrected chi connectivity index (χ4v) is 2.34. The zero-order valence-corrected chi connectivity index (χ0v) is 12.0. The van der Waals surface area contributed by atoms with Crippen molar-refractivity contribution in [3.8, 4) is 0 Å². The molecule has 2 rings (SSSR count). The molecular weight excluding hydrogens is 241 g/mol. The van der Waals surface area contributed by atoms with Crippen molar-refractivity contribution < 1.29 is 8.81 Å². The number of rotatable bonds is 5. The lowest BCUT2D eigenvalue weighted by Crippen LogP contribution is -2.29. The quantitative estimate of drug-likeness (QED) is 0.858. The molecule has 0 radical (unpaired) electrons. The summed E-state index contributed by atoms with van der Waals surface area (Å²) in [7, 11) is 0. The fraction of sp³-hybridized carbons (Fsp3) is 0.500. The van der Waals surface area contributed by atoms with Gasteiger partial charge in [-0.3, -0.25) is 0 Å². The van der Waals surface area contributed by atoms with Crippen molar-refractivity contribution in [2.45, 2.75) is 33.7 Å². The van der Waals surface area contributed by atoms with Crippen LogP contribution in [0.15, 0.2) is 28.7 Å². The van der Waals surface area contributed by atoms with Gasteiger partial charge >= 0.3 is 0 Å². The van der Waals surface area contributed by atoms with Gasteiger partial charge in [-0.1, -0.05) is 27.7 Å². The lowest BCUT2D eigenvalue weighted by atomic mass is 9.89. The molecule has 0 aliphatic carbocycles. The zero-order chi connectivity index (χ0) is 14.0. The van der Waals surface area contributed by atoms with E-state index >= 15 is 0 Å². The summed E-state index contributed by atoms with van der Waals surface area (Å²) in [5.74, 6) is 1.67. The lowest BCUT2D eigenvalue weighted by molar-refractivity contribution is 0.275. The van der Waals surface area contributed by atoms with E-state index in [9.17, 15) is 4.39 Å². The summed E-state index contributed by atoms with van der Waals surface area (Å²) in [5.41, 5.74) is 0.746. The molecule has 3 heteroatoms. The number of nitrogens with one attached hydrogen (secondary N) is 1. The molecule has 0 amide bonds. The molecule has 0 fully saturated rings. The number of fused-ring (bicyclic) bond motifs is 1. The smallest absolute Gasteiger partial charge is 0.134 e. The first-order valence-electron chi connectivity index (χ1n) is 6.95. The summed E-state index contributed by atoms with van der Waals surface area (Å²) in [5, 5.41) is 4.30. The highest BCUT2D eigenvalue weighted by molar-refractivity contribution is 5.78. The number of hydrogen-bond donors (Lipinski definition) is 1. The van der Waals surface area contributed by atoms with E-state index in [-0.39, 0.29) is 11.9 Å². The summed E-state index contributed by atoms with van der Waals surface area (Å²) in [6, 6.07) is 6.76. The predicted octanol–water partition coefficient (Wildman–Crippen LogP) is 4.51. The first-order valence-corrected chi connectivity index (χ1v) is 6.95. The molecular formula is C16H22FNO. The minimum atomic E-state index is -0.225. The van der Waals surface area contributed by atoms with Crippen LogP contribution in [0.2, 0.25) is 0 Å². The van der Waals surface area contributed by atoms with Crippen molar-refractivity contribution in [3.05, 3.63) is 35.8 Å². The molecule has 19 heavy (non-hydrogen) atoms. The Morgan fingerprint density at radius 2 is 1.95 bits per heavy atom. The van der Waals surface area contributed by atoms with E-state index in [1.807, 2.05) is 6.07 Å². The van der Waals surface area contributed by atoms with Crippen molar-refractivity contribution in [2.75, 3.05) is 6.54 Å². The molecule has 2 nitrogen and oxygen atoms in total. The van der Waals surface area contributed by atoms with Crippen molar-refractivity contribution in [1.29, 1.82) is 0 Å². The van der Waals surface area contributed by atoms with Crippen LogP contribution in [0.1, 0.15) is 39.5 Å². The Morgan fingerprint density at radius 1 is 1.21 bits per heavy atom. The van der Waals surface area contributed by atoms with E-state index in [1.54, 1.807) is 6.07 Å². The molecule has 0 saturated heterocycles. The van der Waals surface area contributed by atoms with Crippen LogP contribution in [0, 0.1) is 17.7 Å². The SMILES string of the molecule is CCNC(c1cc2cc(F)ccc2o1)C(C)C(C)C. The van der Waals surface area contributed by atoms with Crippen LogP contribution < -0.4 is 5.32 Å². The minimum Gasteiger partial charge on any atom is -0.459 e. The van der Waals surface area contributed by atoms with Crippen LogP contribution in [0.5, 0.6) is 0 Å². The number of hydrogen-bond acceptors (Lipinski definition) is 2. The lowest BCUT2D eigenvalue weighted by Gasteiger charge is -2.25. The number of furan rings is 1. The first kappa shape index (κ1) is 14.1. The number of benzene rings is 1. The molecule has 1 aromatic carbocycles. The monoisotopic (exact) mass is 263 g/mol. The molecule has 1 aromatic heterocycles. The summed E-state index contributed by atoms with van der Waals surface area (Å²) in [6.07, 6.45) is 0. The highest BCUT2D eigenvalue weighted by atomic mass is 19.1. The second-order valence-electron chi connectivity index (χ2n) is 5.47. The minimum absolute atomic E-state index is 0.167. The average Bonchev–Trinajstić information content (AvgIpc) is 2.77. The Morgan fingerprint density at radius 3 is 2.58 bits per heavy atom. The second kappa shape index (κ2) is 5.74. The van der Waals surface area contributed by atoms with Crippen molar-refractivity contribution in [2.24, 2.45) is 11.8 Å². The maximum Gasteiger partial charge on any atom is 0.134 e. The molecule has 2 unspecified atom stereocenters. The third kappa shape index (κ3) is 2.98. The van der Waals surface area contributed by atoms with E-state index in [4.69, 9.17) is 4.42 Å². The summed E-state index contributed by atoms with van der Waals surface area (Å²) in [6.45, 7) is 9.59. The van der Waals surface area contributed by atoms with E-state index in [0.717, 1.165) is 23.3 Å². The van der Waals surface area contributed by atoms with Crippen molar-refractivity contribution in [1.82, 2.24) is 5.32 Å². The first-order chi connectivity index (χ1) is 9.02. The van der Waals surface area contributed by atoms with E-state index < -0.39 is 0 Å². The van der Waals surface area contributed by atoms with Gasteiger partial charge < -0.3 is 9.73 Å². The molecule has 0 aliphatic heterocycles. The van der Waals surface area contributed by atoms with Crippen molar-refractivity contribution >= 4 is 11.0 Å². The average molecular weight is 263 g/mol. The van der Waals surface area contributed by atoms with Gasteiger partial charge in [-0.15, -0.1) is 0 Å². The standard InChI is InChI=1S/C16H22FNO/c1-5-18-16(11(4)10(2)3)15-9-12-8-13(17)6-7-14(12)19-15/h6-11,16,18H,5H2,1-4H3. The molecule has 2 atom stereocenters. The Labute approximate surface area is 114 Å². The van der Waals surface area contributed by atoms with E-state index in [1.165, 1.54) is 12.1 Å². The van der Waals surface area contributed by atoms with Crippen LogP contribution in [-0.4, -0.2) is 6.54 Å². The van der Waals surface area contributed by atoms with Gasteiger partial charge in [0.25, 0.3) is 0 Å². The Kier molecular flexibility index (Phi) is 4.25. The van der Waals surface area contributed by atoms with Crippen LogP contribution in [0.3, 0.4) is 0 Å². The summed E-state index contributed by atoms with van der Waals surface area (Å²) < 4.78 is 19.1. The molecule has 0 bridgehead atoms. The van der Waals surface area contributed by atoms with Gasteiger partial charge in [0.1, 0.15) is 17.2 Å². The molecule has 104 valence electrons. The van der Waals surface area contributed by atoms with Crippen LogP contribution in [0.4, 0.5) is 4.39 Å². The largest absolute Gasteiger partial charge is 0.459 e. The van der Waals surface area contributed by atoms with Crippen LogP contribution in [-0.2, 0) is 0 Å². The predicted molar refractivity (Wildman–Crippen MR) is 76.6 cm³/mol. The zero-order valence-electron chi connectivity index (χ0n) is 12.0.